The van der Waals surface area contributed by atoms with E-state index in [-0.39, 0.29) is 5.82 Å². The van der Waals surface area contributed by atoms with Gasteiger partial charge < -0.3 is 10.2 Å². The third-order valence-corrected chi connectivity index (χ3v) is 4.20. The van der Waals surface area contributed by atoms with Gasteiger partial charge in [0.25, 0.3) is 0 Å². The van der Waals surface area contributed by atoms with Crippen LogP contribution < -0.4 is 10.2 Å². The van der Waals surface area contributed by atoms with Gasteiger partial charge in [-0.25, -0.2) is 4.39 Å². The zero-order valence-electron chi connectivity index (χ0n) is 13.0. The van der Waals surface area contributed by atoms with Crippen LogP contribution in [-0.4, -0.2) is 19.6 Å². The van der Waals surface area contributed by atoms with Crippen molar-refractivity contribution in [2.75, 3.05) is 18.5 Å². The van der Waals surface area contributed by atoms with Crippen LogP contribution in [0.1, 0.15) is 45.1 Å². The standard InChI is InChI=1S/C17H27FN2/c1-13(2)19-11-15-16(18)9-6-10-17(15)20(3)12-14-7-4-5-8-14/h6,9-10,13-14,19H,4-5,7-8,11-12H2,1-3H3. The lowest BCUT2D eigenvalue weighted by atomic mass is 10.1. The maximum Gasteiger partial charge on any atom is 0.129 e. The molecule has 0 aliphatic heterocycles. The van der Waals surface area contributed by atoms with E-state index in [0.717, 1.165) is 23.7 Å². The molecule has 0 spiro atoms. The summed E-state index contributed by atoms with van der Waals surface area (Å²) in [5.74, 6) is 0.670. The number of benzene rings is 1. The van der Waals surface area contributed by atoms with Crippen molar-refractivity contribution in [3.63, 3.8) is 0 Å². The SMILES string of the molecule is CC(C)NCc1c(F)cccc1N(C)CC1CCCC1. The fourth-order valence-corrected chi connectivity index (χ4v) is 3.06. The monoisotopic (exact) mass is 278 g/mol. The van der Waals surface area contributed by atoms with E-state index >= 15 is 0 Å². The van der Waals surface area contributed by atoms with E-state index < -0.39 is 0 Å². The molecular weight excluding hydrogens is 251 g/mol. The zero-order chi connectivity index (χ0) is 14.5. The number of hydrogen-bond acceptors (Lipinski definition) is 2. The first-order valence-corrected chi connectivity index (χ1v) is 7.80. The molecule has 20 heavy (non-hydrogen) atoms. The summed E-state index contributed by atoms with van der Waals surface area (Å²) in [4.78, 5) is 2.23. The maximum atomic E-state index is 14.1. The molecule has 1 N–H and O–H groups in total. The van der Waals surface area contributed by atoms with Gasteiger partial charge in [0.1, 0.15) is 5.82 Å². The van der Waals surface area contributed by atoms with Crippen LogP contribution in [0.2, 0.25) is 0 Å². The van der Waals surface area contributed by atoms with Gasteiger partial charge in [0.05, 0.1) is 0 Å². The molecule has 1 saturated carbocycles. The van der Waals surface area contributed by atoms with Crippen molar-refractivity contribution in [1.29, 1.82) is 0 Å². The van der Waals surface area contributed by atoms with Gasteiger partial charge in [-0.2, -0.15) is 0 Å². The summed E-state index contributed by atoms with van der Waals surface area (Å²) in [7, 11) is 2.09. The highest BCUT2D eigenvalue weighted by molar-refractivity contribution is 5.53. The van der Waals surface area contributed by atoms with Crippen LogP contribution in [0.25, 0.3) is 0 Å². The van der Waals surface area contributed by atoms with E-state index in [4.69, 9.17) is 0 Å². The van der Waals surface area contributed by atoms with E-state index in [0.29, 0.717) is 12.6 Å². The molecule has 2 nitrogen and oxygen atoms in total. The fourth-order valence-electron chi connectivity index (χ4n) is 3.06. The van der Waals surface area contributed by atoms with Gasteiger partial charge in [0.15, 0.2) is 0 Å². The molecule has 1 aromatic rings. The molecule has 0 unspecified atom stereocenters. The van der Waals surface area contributed by atoms with Crippen molar-refractivity contribution < 1.29 is 4.39 Å². The van der Waals surface area contributed by atoms with Crippen LogP contribution in [0.3, 0.4) is 0 Å². The molecule has 112 valence electrons. The summed E-state index contributed by atoms with van der Waals surface area (Å²) >= 11 is 0. The minimum absolute atomic E-state index is 0.103. The molecule has 3 heteroatoms. The molecule has 0 atom stereocenters. The number of nitrogens with zero attached hydrogens (tertiary/aromatic N) is 1. The van der Waals surface area contributed by atoms with Crippen LogP contribution in [0.5, 0.6) is 0 Å². The third kappa shape index (κ3) is 3.95. The molecule has 0 saturated heterocycles. The predicted molar refractivity (Wildman–Crippen MR) is 83.6 cm³/mol. The Hall–Kier alpha value is -1.09. The molecule has 0 bridgehead atoms. The lowest BCUT2D eigenvalue weighted by Crippen LogP contribution is -2.28. The first-order chi connectivity index (χ1) is 9.58. The number of anilines is 1. The van der Waals surface area contributed by atoms with Crippen molar-refractivity contribution in [2.24, 2.45) is 5.92 Å². The highest BCUT2D eigenvalue weighted by atomic mass is 19.1. The molecule has 1 aliphatic rings. The van der Waals surface area contributed by atoms with Crippen LogP contribution >= 0.6 is 0 Å². The first-order valence-electron chi connectivity index (χ1n) is 7.80. The summed E-state index contributed by atoms with van der Waals surface area (Å²) in [5.41, 5.74) is 1.83. The second-order valence-corrected chi connectivity index (χ2v) is 6.30. The Morgan fingerprint density at radius 3 is 2.65 bits per heavy atom. The molecule has 1 aromatic carbocycles. The zero-order valence-corrected chi connectivity index (χ0v) is 13.0. The molecule has 0 radical (unpaired) electrons. The Kier molecular flexibility index (Phi) is 5.41. The molecular formula is C17H27FN2. The number of rotatable bonds is 6. The summed E-state index contributed by atoms with van der Waals surface area (Å²) in [6.07, 6.45) is 5.34. The highest BCUT2D eigenvalue weighted by Gasteiger charge is 2.19. The van der Waals surface area contributed by atoms with Crippen molar-refractivity contribution in [1.82, 2.24) is 5.32 Å². The predicted octanol–water partition coefficient (Wildman–Crippen LogP) is 3.95. The minimum Gasteiger partial charge on any atom is -0.374 e. The smallest absolute Gasteiger partial charge is 0.129 e. The summed E-state index contributed by atoms with van der Waals surface area (Å²) in [6.45, 7) is 5.80. The number of nitrogens with one attached hydrogen (secondary N) is 1. The Labute approximate surface area is 122 Å². The largest absolute Gasteiger partial charge is 0.374 e. The molecule has 0 heterocycles. The van der Waals surface area contributed by atoms with Crippen molar-refractivity contribution >= 4 is 5.69 Å². The van der Waals surface area contributed by atoms with Gasteiger partial charge in [-0.3, -0.25) is 0 Å². The van der Waals surface area contributed by atoms with E-state index in [1.54, 1.807) is 6.07 Å². The van der Waals surface area contributed by atoms with Gasteiger partial charge in [0.2, 0.25) is 0 Å². The third-order valence-electron chi connectivity index (χ3n) is 4.20. The number of hydrogen-bond donors (Lipinski definition) is 1. The number of halogens is 1. The Balaban J connectivity index is 2.10. The molecule has 0 amide bonds. The lowest BCUT2D eigenvalue weighted by molar-refractivity contribution is 0.535. The van der Waals surface area contributed by atoms with E-state index in [1.165, 1.54) is 25.7 Å². The van der Waals surface area contributed by atoms with Crippen molar-refractivity contribution in [3.05, 3.63) is 29.6 Å². The van der Waals surface area contributed by atoms with Gasteiger partial charge in [0, 0.05) is 37.4 Å². The molecule has 0 aromatic heterocycles. The fraction of sp³-hybridized carbons (Fsp3) is 0.647. The second kappa shape index (κ2) is 7.07. The van der Waals surface area contributed by atoms with Gasteiger partial charge in [-0.1, -0.05) is 32.8 Å². The van der Waals surface area contributed by atoms with Gasteiger partial charge in [-0.05, 0) is 30.9 Å². The Morgan fingerprint density at radius 2 is 2.00 bits per heavy atom. The summed E-state index contributed by atoms with van der Waals surface area (Å²) < 4.78 is 14.1. The topological polar surface area (TPSA) is 15.3 Å². The van der Waals surface area contributed by atoms with E-state index in [2.05, 4.69) is 31.1 Å². The highest BCUT2D eigenvalue weighted by Crippen LogP contribution is 2.29. The Morgan fingerprint density at radius 1 is 1.30 bits per heavy atom. The van der Waals surface area contributed by atoms with Crippen LogP contribution in [0.15, 0.2) is 18.2 Å². The summed E-state index contributed by atoms with van der Waals surface area (Å²) in [6, 6.07) is 5.77. The van der Waals surface area contributed by atoms with Crippen LogP contribution in [0, 0.1) is 11.7 Å². The average Bonchev–Trinajstić information content (AvgIpc) is 2.89. The van der Waals surface area contributed by atoms with Crippen LogP contribution in [0.4, 0.5) is 10.1 Å². The maximum absolute atomic E-state index is 14.1. The van der Waals surface area contributed by atoms with Crippen LogP contribution in [-0.2, 0) is 6.54 Å². The van der Waals surface area contributed by atoms with Crippen molar-refractivity contribution in [3.8, 4) is 0 Å². The minimum atomic E-state index is -0.103. The van der Waals surface area contributed by atoms with E-state index in [1.807, 2.05) is 12.1 Å². The second-order valence-electron chi connectivity index (χ2n) is 6.30. The molecule has 1 fully saturated rings. The van der Waals surface area contributed by atoms with E-state index in [9.17, 15) is 4.39 Å². The first kappa shape index (κ1) is 15.3. The lowest BCUT2D eigenvalue weighted by Gasteiger charge is -2.26. The van der Waals surface area contributed by atoms with Gasteiger partial charge in [-0.15, -0.1) is 0 Å². The molecule has 2 rings (SSSR count). The van der Waals surface area contributed by atoms with Gasteiger partial charge >= 0.3 is 0 Å². The quantitative estimate of drug-likeness (QED) is 0.847. The van der Waals surface area contributed by atoms with Crippen molar-refractivity contribution in [2.45, 2.75) is 52.1 Å². The average molecular weight is 278 g/mol. The Bertz CT molecular complexity index is 425. The normalized spacial score (nSPS) is 16.1. The molecule has 1 aliphatic carbocycles. The summed E-state index contributed by atoms with van der Waals surface area (Å²) in [5, 5.41) is 3.32.